The number of carbonyl (C=O) groups is 1. The number of carbonyl (C=O) groups excluding carboxylic acids is 1. The van der Waals surface area contributed by atoms with Gasteiger partial charge in [-0.15, -0.1) is 0 Å². The van der Waals surface area contributed by atoms with Crippen molar-refractivity contribution in [3.63, 3.8) is 0 Å². The van der Waals surface area contributed by atoms with Crippen LogP contribution in [0, 0.1) is 0 Å². The van der Waals surface area contributed by atoms with E-state index in [2.05, 4.69) is 96.5 Å². The number of nitrogens with zero attached hydrogens (tertiary/aromatic N) is 8. The van der Waals surface area contributed by atoms with Gasteiger partial charge in [0.25, 0.3) is 0 Å². The molecule has 0 spiro atoms. The van der Waals surface area contributed by atoms with E-state index in [0.29, 0.717) is 90.6 Å². The average Bonchev–Trinajstić information content (AvgIpc) is 1.69. The first kappa shape index (κ1) is 67.1. The van der Waals surface area contributed by atoms with E-state index in [-0.39, 0.29) is 31.6 Å². The first-order valence-corrected chi connectivity index (χ1v) is 30.7. The maximum atomic E-state index is 10.9. The van der Waals surface area contributed by atoms with Gasteiger partial charge >= 0.3 is 0 Å². The van der Waals surface area contributed by atoms with E-state index in [0.717, 1.165) is 23.0 Å². The number of hydrogen-bond donors (Lipinski definition) is 8. The number of anilines is 2. The van der Waals surface area contributed by atoms with E-state index < -0.39 is 49.1 Å². The number of aliphatic hydroxyl groups is 4. The molecule has 0 radical (unpaired) electrons. The van der Waals surface area contributed by atoms with Crippen LogP contribution < -0.4 is 21.7 Å². The van der Waals surface area contributed by atoms with Gasteiger partial charge in [0.15, 0.2) is 46.4 Å². The number of methoxy groups -OCH3 is 4. The van der Waals surface area contributed by atoms with Crippen molar-refractivity contribution in [1.82, 2.24) is 44.4 Å². The molecular weight excluding hydrogens is 1180 g/mol. The maximum absolute atomic E-state index is 10.9. The number of nitrogens with two attached hydrogens (primary N) is 1. The monoisotopic (exact) mass is 1260 g/mol. The minimum absolute atomic E-state index is 0.0540. The van der Waals surface area contributed by atoms with Crippen molar-refractivity contribution in [2.75, 3.05) is 65.4 Å². The molecule has 9 N–H and O–H groups in total. The summed E-state index contributed by atoms with van der Waals surface area (Å²) in [4.78, 5) is 38.6. The minimum atomic E-state index is -1.19. The van der Waals surface area contributed by atoms with Gasteiger partial charge in [-0.3, -0.25) is 13.9 Å². The van der Waals surface area contributed by atoms with Crippen LogP contribution in [0.1, 0.15) is 85.2 Å². The zero-order valence-corrected chi connectivity index (χ0v) is 52.3. The summed E-state index contributed by atoms with van der Waals surface area (Å²) >= 11 is 0. The van der Waals surface area contributed by atoms with Gasteiger partial charge in [0, 0.05) is 65.5 Å². The Labute approximate surface area is 539 Å². The van der Waals surface area contributed by atoms with Gasteiger partial charge in [0.1, 0.15) is 54.6 Å². The van der Waals surface area contributed by atoms with Crippen molar-refractivity contribution < 1.29 is 53.6 Å². The minimum Gasteiger partial charge on any atom is -0.387 e. The number of rotatable bonds is 26. The number of aliphatic hydroxyl groups excluding tert-OH is 4. The molecule has 23 nitrogen and oxygen atoms in total. The highest BCUT2D eigenvalue weighted by Gasteiger charge is 2.46. The van der Waals surface area contributed by atoms with Crippen molar-refractivity contribution in [2.45, 2.75) is 93.8 Å². The van der Waals surface area contributed by atoms with Crippen molar-refractivity contribution in [1.29, 1.82) is 0 Å². The fourth-order valence-corrected chi connectivity index (χ4v) is 11.5. The lowest BCUT2D eigenvalue weighted by Gasteiger charge is -2.20. The summed E-state index contributed by atoms with van der Waals surface area (Å²) in [5, 5.41) is 53.1. The van der Waals surface area contributed by atoms with E-state index in [9.17, 15) is 25.2 Å². The molecule has 6 heterocycles. The Morgan fingerprint density at radius 2 is 0.892 bits per heavy atom. The molecule has 2 fully saturated rings. The zero-order valence-electron chi connectivity index (χ0n) is 52.3. The first-order valence-electron chi connectivity index (χ1n) is 30.7. The summed E-state index contributed by atoms with van der Waals surface area (Å²) in [6.07, 6.45) is -3.76. The topological polar surface area (TPSA) is 303 Å². The van der Waals surface area contributed by atoms with Gasteiger partial charge in [-0.05, 0) is 38.9 Å². The molecule has 23 heteroatoms. The quantitative estimate of drug-likeness (QED) is 0.0248. The van der Waals surface area contributed by atoms with E-state index in [1.165, 1.54) is 42.8 Å². The number of aldehydes is 1. The third-order valence-corrected chi connectivity index (χ3v) is 16.3. The van der Waals surface area contributed by atoms with E-state index >= 15 is 0 Å². The van der Waals surface area contributed by atoms with Crippen LogP contribution in [0.3, 0.4) is 0 Å². The summed E-state index contributed by atoms with van der Waals surface area (Å²) in [5.41, 5.74) is 16.5. The van der Waals surface area contributed by atoms with Crippen molar-refractivity contribution in [2.24, 2.45) is 5.73 Å². The van der Waals surface area contributed by atoms with Gasteiger partial charge in [-0.2, -0.15) is 0 Å². The Morgan fingerprint density at radius 3 is 1.32 bits per heavy atom. The second-order valence-corrected chi connectivity index (χ2v) is 22.4. The number of aromatic nitrogens is 8. The number of nitrogens with one attached hydrogen (secondary N) is 3. The van der Waals surface area contributed by atoms with Crippen molar-refractivity contribution in [3.8, 4) is 0 Å². The molecule has 0 saturated carbocycles. The van der Waals surface area contributed by atoms with E-state index in [1.54, 1.807) is 35.7 Å². The summed E-state index contributed by atoms with van der Waals surface area (Å²) < 4.78 is 35.8. The Morgan fingerprint density at radius 1 is 0.495 bits per heavy atom. The smallest absolute Gasteiger partial charge is 0.168 e. The lowest BCUT2D eigenvalue weighted by Crippen LogP contribution is -2.33. The standard InChI is InChI=1S/C35H40N6O5.C26H30N6O4.C9H10O2/c1-44-20-26-16-10-9-15-25(26)17-36-19-29-39-33(37-18-27(23-11-5-3-6-12-23)24-13-7-4-8-14-24)30-34(40-29)41(22-38-30)35-32(43)31(42)28(46-35)21-45-2;1-35-14-19-22(33)23(34)26(36-19)32-15-29-21-24(30-20(12-27)31-25(21)32)28-13-18(16-8-4-2-5-9-16)17-10-6-3-7-11-17;1-11-7-9-5-3-2-4-8(9)6-10/h3-16,22,27-28,31-32,35-36,42-43H,17-21H2,1-2H3,(H,37,39,40);2-11,15,18-19,22-23,26,33-34H,12-14,27H2,1H3,(H,28,30,31);2-6H,7H2,1H3/t28-,31?,32?,35?;19-,22-,23-,26-;/m11./s1. The van der Waals surface area contributed by atoms with Gasteiger partial charge in [0.2, 0.25) is 0 Å². The van der Waals surface area contributed by atoms with E-state index in [1.807, 2.05) is 103 Å². The number of benzene rings is 6. The first-order chi connectivity index (χ1) is 45.5. The maximum Gasteiger partial charge on any atom is 0.168 e. The van der Waals surface area contributed by atoms with Gasteiger partial charge < -0.3 is 70.5 Å². The third kappa shape index (κ3) is 16.3. The van der Waals surface area contributed by atoms with Crippen molar-refractivity contribution in [3.05, 3.63) is 239 Å². The van der Waals surface area contributed by atoms with Crippen LogP contribution in [-0.4, -0.2) is 157 Å². The SMILES string of the molecule is COC[C@H]1O[C@@H](n2cnc3c(NCC(c4ccccc4)c4ccccc4)nc(CN)nc32)[C@H](O)[C@@H]1O.COCc1ccccc1C=O.COCc1ccccc1CNCc1nc(NCC(c2ccccc2)c2ccccc2)c2ncn(C3O[C@H](COC)C(O)C3O)c2n1. The normalized spacial score (nSPS) is 19.3. The van der Waals surface area contributed by atoms with Crippen LogP contribution in [0.4, 0.5) is 11.6 Å². The largest absolute Gasteiger partial charge is 0.387 e. The molecule has 4 aromatic heterocycles. The summed E-state index contributed by atoms with van der Waals surface area (Å²) in [6, 6.07) is 56.8. The van der Waals surface area contributed by atoms with Gasteiger partial charge in [-0.1, -0.05) is 170 Å². The molecule has 10 aromatic rings. The fourth-order valence-electron chi connectivity index (χ4n) is 11.5. The number of fused-ring (bicyclic) bond motifs is 2. The molecule has 3 unspecified atom stereocenters. The van der Waals surface area contributed by atoms with Crippen LogP contribution in [0.25, 0.3) is 22.3 Å². The molecular formula is C70H80N12O11. The molecule has 6 aromatic carbocycles. The molecule has 2 aliphatic heterocycles. The fraction of sp³-hybridized carbons (Fsp3) is 0.329. The molecule has 0 bridgehead atoms. The Hall–Kier alpha value is -8.79. The van der Waals surface area contributed by atoms with Gasteiger partial charge in [-0.25, -0.2) is 29.9 Å². The second-order valence-electron chi connectivity index (χ2n) is 22.4. The van der Waals surface area contributed by atoms with Crippen LogP contribution in [0.2, 0.25) is 0 Å². The van der Waals surface area contributed by atoms with E-state index in [4.69, 9.17) is 44.1 Å². The summed E-state index contributed by atoms with van der Waals surface area (Å²) in [7, 11) is 6.34. The summed E-state index contributed by atoms with van der Waals surface area (Å²) in [6.45, 7) is 3.53. The zero-order chi connectivity index (χ0) is 65.1. The molecule has 2 saturated heterocycles. The molecule has 2 aliphatic rings. The van der Waals surface area contributed by atoms with Gasteiger partial charge in [0.05, 0.1) is 52.2 Å². The Kier molecular flexibility index (Phi) is 23.9. The average molecular weight is 1270 g/mol. The molecule has 0 amide bonds. The predicted molar refractivity (Wildman–Crippen MR) is 351 cm³/mol. The number of hydrogen-bond acceptors (Lipinski definition) is 21. The molecule has 8 atom stereocenters. The molecule has 12 rings (SSSR count). The van der Waals surface area contributed by atoms with Crippen LogP contribution in [0.5, 0.6) is 0 Å². The Balaban J connectivity index is 0.000000178. The Bertz CT molecular complexity index is 3850. The van der Waals surface area contributed by atoms with Crippen LogP contribution in [-0.2, 0) is 61.3 Å². The molecule has 486 valence electrons. The summed E-state index contributed by atoms with van der Waals surface area (Å²) in [5.74, 6) is 2.20. The highest BCUT2D eigenvalue weighted by Crippen LogP contribution is 2.36. The van der Waals surface area contributed by atoms with Crippen LogP contribution in [0.15, 0.2) is 183 Å². The highest BCUT2D eigenvalue weighted by atomic mass is 16.6. The molecule has 93 heavy (non-hydrogen) atoms. The number of ether oxygens (including phenoxy) is 6. The molecule has 0 aliphatic carbocycles. The number of imidazole rings is 2. The lowest BCUT2D eigenvalue weighted by atomic mass is 9.91. The second kappa shape index (κ2) is 33.2. The highest BCUT2D eigenvalue weighted by molar-refractivity contribution is 5.84. The third-order valence-electron chi connectivity index (χ3n) is 16.3. The van der Waals surface area contributed by atoms with Crippen molar-refractivity contribution >= 4 is 40.2 Å². The lowest BCUT2D eigenvalue weighted by molar-refractivity contribution is -0.0580. The van der Waals surface area contributed by atoms with Crippen LogP contribution >= 0.6 is 0 Å². The predicted octanol–water partition coefficient (Wildman–Crippen LogP) is 7.21.